The maximum absolute atomic E-state index is 4.41. The number of fused-ring (bicyclic) bond motifs is 1. The Morgan fingerprint density at radius 2 is 1.42 bits per heavy atom. The molecule has 64 heavy (non-hydrogen) atoms. The van der Waals surface area contributed by atoms with Crippen molar-refractivity contribution in [3.8, 4) is 0 Å². The molecule has 5 aromatic carbocycles. The third kappa shape index (κ3) is 13.2. The highest BCUT2D eigenvalue weighted by Gasteiger charge is 2.37. The van der Waals surface area contributed by atoms with Gasteiger partial charge in [0.15, 0.2) is 0 Å². The van der Waals surface area contributed by atoms with Crippen LogP contribution in [0.3, 0.4) is 0 Å². The Morgan fingerprint density at radius 1 is 0.750 bits per heavy atom. The predicted molar refractivity (Wildman–Crippen MR) is 290 cm³/mol. The molecule has 2 unspecified atom stereocenters. The average Bonchev–Trinajstić information content (AvgIpc) is 3.32. The number of benzene rings is 5. The molecule has 326 valence electrons. The van der Waals surface area contributed by atoms with Crippen molar-refractivity contribution in [2.45, 2.75) is 72.1 Å². The predicted octanol–water partition coefficient (Wildman–Crippen LogP) is 18.1. The minimum absolute atomic E-state index is 0.177. The third-order valence-corrected chi connectivity index (χ3v) is 12.5. The molecule has 0 radical (unpaired) electrons. The van der Waals surface area contributed by atoms with Crippen molar-refractivity contribution >= 4 is 33.1 Å². The lowest BCUT2D eigenvalue weighted by atomic mass is 9.66. The smallest absolute Gasteiger partial charge is 0.0641 e. The van der Waals surface area contributed by atoms with E-state index in [1.54, 1.807) is 0 Å². The van der Waals surface area contributed by atoms with E-state index in [9.17, 15) is 0 Å². The zero-order valence-electron chi connectivity index (χ0n) is 39.5. The molecule has 0 spiro atoms. The van der Waals surface area contributed by atoms with Gasteiger partial charge in [0.1, 0.15) is 0 Å². The number of allylic oxidation sites excluding steroid dienone is 17. The number of rotatable bonds is 10. The summed E-state index contributed by atoms with van der Waals surface area (Å²) in [5.74, 6) is 0. The Labute approximate surface area is 389 Å². The lowest BCUT2D eigenvalue weighted by molar-refractivity contribution is 0.775. The van der Waals surface area contributed by atoms with Crippen LogP contribution in [-0.2, 0) is 5.41 Å². The normalized spacial score (nSPS) is 17.2. The molecule has 7 rings (SSSR count). The summed E-state index contributed by atoms with van der Waals surface area (Å²) in [7, 11) is -0.177. The van der Waals surface area contributed by atoms with Crippen LogP contribution in [0.4, 0.5) is 0 Å². The van der Waals surface area contributed by atoms with Crippen LogP contribution in [0.5, 0.6) is 0 Å². The van der Waals surface area contributed by atoms with Crippen LogP contribution in [0.2, 0.25) is 0 Å². The maximum atomic E-state index is 4.41. The fourth-order valence-corrected chi connectivity index (χ4v) is 9.13. The topological polar surface area (TPSA) is 0 Å². The van der Waals surface area contributed by atoms with Crippen LogP contribution in [-0.4, -0.2) is 5.37 Å². The van der Waals surface area contributed by atoms with Crippen LogP contribution < -0.4 is 0 Å². The van der Waals surface area contributed by atoms with Gasteiger partial charge in [0.25, 0.3) is 0 Å². The second kappa shape index (κ2) is 26.2. The fraction of sp³-hybridized carbons (Fsp3) is 0.159. The molecular formula is C63H68S. The second-order valence-electron chi connectivity index (χ2n) is 15.4. The van der Waals surface area contributed by atoms with E-state index in [2.05, 4.69) is 235 Å². The van der Waals surface area contributed by atoms with Gasteiger partial charge < -0.3 is 0 Å². The largest absolute Gasteiger partial charge is 0.131 e. The summed E-state index contributed by atoms with van der Waals surface area (Å²) in [6, 6.07) is 45.1. The molecule has 1 aliphatic carbocycles. The molecular weight excluding hydrogens is 789 g/mol. The van der Waals surface area contributed by atoms with Crippen LogP contribution in [0, 0.1) is 20.8 Å². The highest BCUT2D eigenvalue weighted by molar-refractivity contribution is 8.17. The third-order valence-electron chi connectivity index (χ3n) is 10.8. The Hall–Kier alpha value is -6.54. The van der Waals surface area contributed by atoms with Crippen LogP contribution >= 0.6 is 10.5 Å². The van der Waals surface area contributed by atoms with E-state index < -0.39 is 5.41 Å². The number of hydrogen-bond acceptors (Lipinski definition) is 0. The van der Waals surface area contributed by atoms with Gasteiger partial charge >= 0.3 is 0 Å². The standard InChI is InChI=1S/C47H42S.C7H8.C7H12.C2H6/c1-7-38(24-25-39-19-12-11-17-35(39)4)46(34(2)3)44-27-26-42(33-37(44)6)48-31-28-41(29-32-48)47(40-20-9-8-10-21-40)30-16-15-18-36(5)43-22-13-14-23-45(43)47;1-7-5-3-2-4-6-7;1-3-5-7-6-4-2;1-2/h7-33H,1-2,5H2,3-4,6H3;2-6H,1H3;3,5-7H,4H2,1-2H3;1-2H3/b18-15-,25-24-,30-16?,46-38+;;5-3-,7-6-;. The van der Waals surface area contributed by atoms with Crippen molar-refractivity contribution in [3.05, 3.63) is 287 Å². The van der Waals surface area contributed by atoms with Gasteiger partial charge in [0.2, 0.25) is 0 Å². The minimum Gasteiger partial charge on any atom is -0.131 e. The first-order valence-electron chi connectivity index (χ1n) is 22.5. The molecule has 0 fully saturated rings. The van der Waals surface area contributed by atoms with E-state index in [0.717, 1.165) is 28.7 Å². The zero-order chi connectivity index (χ0) is 46.3. The SMILES string of the molecule is C/C=C\C=C/CC.C=CC(/C=C\c1ccccc1C)=C(/C(=C)C)c1ccc(S2=CC=C(C3(c4ccccc4)C=C/C=C\C(=C)c4ccccc43)C=C2)cc1C.CC.Cc1ccccc1. The van der Waals surface area contributed by atoms with Crippen molar-refractivity contribution in [2.75, 3.05) is 0 Å². The van der Waals surface area contributed by atoms with Crippen molar-refractivity contribution in [1.82, 2.24) is 0 Å². The van der Waals surface area contributed by atoms with Gasteiger partial charge in [0, 0.05) is 4.90 Å². The highest BCUT2D eigenvalue weighted by Crippen LogP contribution is 2.47. The molecule has 0 saturated heterocycles. The van der Waals surface area contributed by atoms with Gasteiger partial charge in [0.05, 0.1) is 5.41 Å². The molecule has 1 heterocycles. The Kier molecular flexibility index (Phi) is 20.5. The van der Waals surface area contributed by atoms with Crippen molar-refractivity contribution in [3.63, 3.8) is 0 Å². The van der Waals surface area contributed by atoms with Crippen LogP contribution in [0.25, 0.3) is 17.2 Å². The van der Waals surface area contributed by atoms with Crippen molar-refractivity contribution < 1.29 is 0 Å². The summed E-state index contributed by atoms with van der Waals surface area (Å²) < 4.78 is 0. The minimum atomic E-state index is -0.456. The molecule has 1 aliphatic heterocycles. The summed E-state index contributed by atoms with van der Waals surface area (Å²) in [6.45, 7) is 29.6. The van der Waals surface area contributed by atoms with E-state index in [1.807, 2.05) is 57.2 Å². The van der Waals surface area contributed by atoms with Crippen molar-refractivity contribution in [2.24, 2.45) is 0 Å². The van der Waals surface area contributed by atoms with Gasteiger partial charge in [-0.05, 0) is 131 Å². The monoisotopic (exact) mass is 857 g/mol. The van der Waals surface area contributed by atoms with Crippen LogP contribution in [0.15, 0.2) is 247 Å². The number of aryl methyl sites for hydroxylation is 3. The van der Waals surface area contributed by atoms with Gasteiger partial charge in [-0.3, -0.25) is 0 Å². The van der Waals surface area contributed by atoms with E-state index in [0.29, 0.717) is 0 Å². The molecule has 0 nitrogen and oxygen atoms in total. The molecule has 1 heteroatoms. The first-order valence-corrected chi connectivity index (χ1v) is 23.8. The van der Waals surface area contributed by atoms with E-state index >= 15 is 0 Å². The molecule has 5 aromatic rings. The molecule has 0 saturated carbocycles. The summed E-state index contributed by atoms with van der Waals surface area (Å²) in [6.07, 6.45) is 29.0. The maximum Gasteiger partial charge on any atom is 0.0641 e. The Bertz CT molecular complexity index is 2630. The molecule has 0 bridgehead atoms. The quantitative estimate of drug-likeness (QED) is 0.0970. The molecule has 0 aromatic heterocycles. The lowest BCUT2D eigenvalue weighted by Crippen LogP contribution is -2.29. The lowest BCUT2D eigenvalue weighted by Gasteiger charge is -2.37. The molecule has 0 N–H and O–H groups in total. The summed E-state index contributed by atoms with van der Waals surface area (Å²) in [4.78, 5) is 1.29. The zero-order valence-corrected chi connectivity index (χ0v) is 40.3. The van der Waals surface area contributed by atoms with E-state index in [1.165, 1.54) is 55.0 Å². The van der Waals surface area contributed by atoms with Gasteiger partial charge in [-0.1, -0.05) is 240 Å². The Morgan fingerprint density at radius 3 is 2.02 bits per heavy atom. The molecule has 0 amide bonds. The summed E-state index contributed by atoms with van der Waals surface area (Å²) in [5, 5.41) is 4.73. The second-order valence-corrected chi connectivity index (χ2v) is 17.2. The van der Waals surface area contributed by atoms with E-state index in [4.69, 9.17) is 0 Å². The fourth-order valence-electron chi connectivity index (χ4n) is 7.61. The van der Waals surface area contributed by atoms with Gasteiger partial charge in [-0.15, -0.1) is 10.5 Å². The molecule has 2 atom stereocenters. The highest BCUT2D eigenvalue weighted by atomic mass is 32.2. The van der Waals surface area contributed by atoms with Crippen molar-refractivity contribution in [1.29, 1.82) is 0 Å². The molecule has 2 aliphatic rings. The summed E-state index contributed by atoms with van der Waals surface area (Å²) in [5.41, 5.74) is 14.8. The van der Waals surface area contributed by atoms with Crippen LogP contribution in [0.1, 0.15) is 85.5 Å². The summed E-state index contributed by atoms with van der Waals surface area (Å²) >= 11 is 0. The van der Waals surface area contributed by atoms with E-state index in [-0.39, 0.29) is 10.5 Å². The average molecular weight is 857 g/mol. The first-order chi connectivity index (χ1) is 31.1. The van der Waals surface area contributed by atoms with Gasteiger partial charge in [-0.2, -0.15) is 0 Å². The van der Waals surface area contributed by atoms with Gasteiger partial charge in [-0.25, -0.2) is 0 Å². The first kappa shape index (κ1) is 50.1. The Balaban J connectivity index is 0.000000477. The number of hydrogen-bond donors (Lipinski definition) is 0.